The molecule has 0 bridgehead atoms. The highest BCUT2D eigenvalue weighted by atomic mass is 16.4. The van der Waals surface area contributed by atoms with E-state index in [1.165, 1.54) is 6.07 Å². The Morgan fingerprint density at radius 3 is 2.88 bits per heavy atom. The number of aromatic carboxylic acids is 1. The smallest absolute Gasteiger partial charge is 0.356 e. The van der Waals surface area contributed by atoms with E-state index < -0.39 is 11.5 Å². The lowest BCUT2D eigenvalue weighted by Gasteiger charge is -2.01. The Labute approximate surface area is 89.0 Å². The molecule has 0 aliphatic heterocycles. The van der Waals surface area contributed by atoms with Crippen LogP contribution >= 0.6 is 0 Å². The van der Waals surface area contributed by atoms with Gasteiger partial charge in [0.25, 0.3) is 5.56 Å². The predicted octanol–water partition coefficient (Wildman–Crippen LogP) is -0.0112. The maximum atomic E-state index is 11.5. The van der Waals surface area contributed by atoms with Gasteiger partial charge in [-0.1, -0.05) is 6.92 Å². The van der Waals surface area contributed by atoms with Crippen molar-refractivity contribution >= 4 is 11.6 Å². The van der Waals surface area contributed by atoms with Gasteiger partial charge >= 0.3 is 5.97 Å². The highest BCUT2D eigenvalue weighted by Crippen LogP contribution is 2.15. The molecule has 0 atom stereocenters. The molecule has 7 heteroatoms. The monoisotopic (exact) mass is 223 g/mol. The number of hydrogen-bond acceptors (Lipinski definition) is 4. The molecule has 0 saturated heterocycles. The average Bonchev–Trinajstić information content (AvgIpc) is 2.62. The third-order valence-electron chi connectivity index (χ3n) is 2.27. The second kappa shape index (κ2) is 3.37. The first-order valence-electron chi connectivity index (χ1n) is 4.61. The van der Waals surface area contributed by atoms with Crippen molar-refractivity contribution in [2.24, 2.45) is 0 Å². The van der Waals surface area contributed by atoms with Gasteiger partial charge in [0, 0.05) is 6.07 Å². The van der Waals surface area contributed by atoms with Crippen molar-refractivity contribution in [3.8, 4) is 5.88 Å². The molecular formula is C9H9N3O4. The van der Waals surface area contributed by atoms with Crippen LogP contribution in [0.15, 0.2) is 10.9 Å². The Kier molecular flexibility index (Phi) is 2.15. The van der Waals surface area contributed by atoms with Crippen LogP contribution in [0.2, 0.25) is 0 Å². The van der Waals surface area contributed by atoms with E-state index in [9.17, 15) is 14.7 Å². The van der Waals surface area contributed by atoms with Crippen LogP contribution < -0.4 is 5.56 Å². The van der Waals surface area contributed by atoms with Crippen LogP contribution in [0.5, 0.6) is 5.88 Å². The molecule has 16 heavy (non-hydrogen) atoms. The Hall–Kier alpha value is -2.31. The van der Waals surface area contributed by atoms with Crippen LogP contribution in [-0.2, 0) is 6.42 Å². The minimum atomic E-state index is -1.22. The minimum Gasteiger partial charge on any atom is -0.493 e. The number of nitrogens with one attached hydrogen (secondary N) is 1. The first kappa shape index (κ1) is 10.2. The van der Waals surface area contributed by atoms with E-state index in [-0.39, 0.29) is 22.8 Å². The second-order valence-electron chi connectivity index (χ2n) is 3.24. The summed E-state index contributed by atoms with van der Waals surface area (Å²) in [6, 6.07) is 1.18. The molecule has 0 aliphatic rings. The van der Waals surface area contributed by atoms with Gasteiger partial charge in [-0.3, -0.25) is 4.79 Å². The molecule has 0 radical (unpaired) electrons. The number of rotatable bonds is 2. The number of nitrogens with zero attached hydrogens (tertiary/aromatic N) is 2. The second-order valence-corrected chi connectivity index (χ2v) is 3.24. The van der Waals surface area contributed by atoms with E-state index in [1.54, 1.807) is 6.92 Å². The standard InChI is InChI=1S/C9H9N3O4/c1-2-4-7(13)10-6-3-5(9(15)16)11-12(6)8(4)14/h3,14H,2H2,1H3,(H,10,13)(H,15,16). The maximum absolute atomic E-state index is 11.5. The number of carboxylic acid groups (broad SMARTS) is 1. The van der Waals surface area contributed by atoms with Gasteiger partial charge in [-0.05, 0) is 6.42 Å². The van der Waals surface area contributed by atoms with E-state index in [4.69, 9.17) is 5.11 Å². The van der Waals surface area contributed by atoms with Crippen LogP contribution in [0, 0.1) is 0 Å². The van der Waals surface area contributed by atoms with Crippen molar-refractivity contribution in [1.29, 1.82) is 0 Å². The fourth-order valence-electron chi connectivity index (χ4n) is 1.48. The molecule has 2 aromatic rings. The highest BCUT2D eigenvalue weighted by Gasteiger charge is 2.15. The summed E-state index contributed by atoms with van der Waals surface area (Å²) in [5.74, 6) is -1.55. The van der Waals surface area contributed by atoms with Gasteiger partial charge in [0.1, 0.15) is 5.65 Å². The molecule has 0 unspecified atom stereocenters. The van der Waals surface area contributed by atoms with Crippen molar-refractivity contribution < 1.29 is 15.0 Å². The Morgan fingerprint density at radius 1 is 1.62 bits per heavy atom. The zero-order chi connectivity index (χ0) is 11.9. The SMILES string of the molecule is CCc1c(O)n2nc(C(=O)O)cc2[nH]c1=O. The molecule has 2 rings (SSSR count). The molecule has 0 saturated carbocycles. The molecule has 3 N–H and O–H groups in total. The number of aromatic nitrogens is 3. The number of fused-ring (bicyclic) bond motifs is 1. The highest BCUT2D eigenvalue weighted by molar-refractivity contribution is 5.86. The van der Waals surface area contributed by atoms with Crippen molar-refractivity contribution in [3.63, 3.8) is 0 Å². The van der Waals surface area contributed by atoms with Crippen molar-refractivity contribution in [2.45, 2.75) is 13.3 Å². The zero-order valence-electron chi connectivity index (χ0n) is 8.39. The van der Waals surface area contributed by atoms with E-state index in [0.29, 0.717) is 6.42 Å². The molecule has 2 heterocycles. The summed E-state index contributed by atoms with van der Waals surface area (Å²) < 4.78 is 1.00. The van der Waals surface area contributed by atoms with Gasteiger partial charge < -0.3 is 15.2 Å². The van der Waals surface area contributed by atoms with Gasteiger partial charge in [0.2, 0.25) is 5.88 Å². The molecule has 7 nitrogen and oxygen atoms in total. The first-order valence-corrected chi connectivity index (χ1v) is 4.61. The van der Waals surface area contributed by atoms with Gasteiger partial charge in [-0.25, -0.2) is 4.79 Å². The van der Waals surface area contributed by atoms with Crippen LogP contribution in [-0.4, -0.2) is 30.8 Å². The Balaban J connectivity index is 2.83. The van der Waals surface area contributed by atoms with Crippen LogP contribution in [0.25, 0.3) is 5.65 Å². The van der Waals surface area contributed by atoms with E-state index in [2.05, 4.69) is 10.1 Å². The summed E-state index contributed by atoms with van der Waals surface area (Å²) in [6.07, 6.45) is 0.333. The normalized spacial score (nSPS) is 10.8. The van der Waals surface area contributed by atoms with Crippen molar-refractivity contribution in [2.75, 3.05) is 0 Å². The minimum absolute atomic E-state index is 0.150. The summed E-state index contributed by atoms with van der Waals surface area (Å²) >= 11 is 0. The fraction of sp³-hybridized carbons (Fsp3) is 0.222. The van der Waals surface area contributed by atoms with Crippen LogP contribution in [0.1, 0.15) is 23.0 Å². The maximum Gasteiger partial charge on any atom is 0.356 e. The largest absolute Gasteiger partial charge is 0.493 e. The number of carbonyl (C=O) groups is 1. The van der Waals surface area contributed by atoms with Crippen molar-refractivity contribution in [3.05, 3.63) is 27.7 Å². The molecule has 0 aliphatic carbocycles. The molecule has 84 valence electrons. The molecular weight excluding hydrogens is 214 g/mol. The summed E-state index contributed by atoms with van der Waals surface area (Å²) in [7, 11) is 0. The van der Waals surface area contributed by atoms with E-state index >= 15 is 0 Å². The van der Waals surface area contributed by atoms with Gasteiger partial charge in [-0.2, -0.15) is 9.61 Å². The average molecular weight is 223 g/mol. The summed E-state index contributed by atoms with van der Waals surface area (Å²) in [5, 5.41) is 22.1. The Morgan fingerprint density at radius 2 is 2.31 bits per heavy atom. The molecule has 0 spiro atoms. The summed E-state index contributed by atoms with van der Waals surface area (Å²) in [6.45, 7) is 1.71. The molecule has 0 aromatic carbocycles. The number of aromatic hydroxyl groups is 1. The molecule has 0 fully saturated rings. The van der Waals surface area contributed by atoms with Crippen molar-refractivity contribution in [1.82, 2.24) is 14.6 Å². The lowest BCUT2D eigenvalue weighted by Crippen LogP contribution is -2.14. The fourth-order valence-corrected chi connectivity index (χ4v) is 1.48. The molecule has 0 amide bonds. The van der Waals surface area contributed by atoms with Gasteiger partial charge in [0.15, 0.2) is 5.69 Å². The topological polar surface area (TPSA) is 108 Å². The third kappa shape index (κ3) is 1.33. The quantitative estimate of drug-likeness (QED) is 0.663. The number of H-pyrrole nitrogens is 1. The summed E-state index contributed by atoms with van der Waals surface area (Å²) in [5.41, 5.74) is -0.354. The zero-order valence-corrected chi connectivity index (χ0v) is 8.39. The Bertz CT molecular complexity index is 625. The number of carboxylic acids is 1. The third-order valence-corrected chi connectivity index (χ3v) is 2.27. The summed E-state index contributed by atoms with van der Waals surface area (Å²) in [4.78, 5) is 24.6. The molecule has 2 aromatic heterocycles. The van der Waals surface area contributed by atoms with Gasteiger partial charge in [0.05, 0.1) is 5.56 Å². The number of hydrogen-bond donors (Lipinski definition) is 3. The van der Waals surface area contributed by atoms with Crippen LogP contribution in [0.4, 0.5) is 0 Å². The van der Waals surface area contributed by atoms with E-state index in [0.717, 1.165) is 4.52 Å². The lowest BCUT2D eigenvalue weighted by molar-refractivity contribution is 0.0690. The first-order chi connectivity index (χ1) is 7.54. The van der Waals surface area contributed by atoms with Gasteiger partial charge in [-0.15, -0.1) is 0 Å². The van der Waals surface area contributed by atoms with Crippen LogP contribution in [0.3, 0.4) is 0 Å². The number of aromatic amines is 1. The predicted molar refractivity (Wildman–Crippen MR) is 53.8 cm³/mol. The van der Waals surface area contributed by atoms with E-state index in [1.807, 2.05) is 0 Å². The lowest BCUT2D eigenvalue weighted by atomic mass is 10.2.